The predicted molar refractivity (Wildman–Crippen MR) is 79.9 cm³/mol. The van der Waals surface area contributed by atoms with Crippen molar-refractivity contribution in [1.82, 2.24) is 15.1 Å². The van der Waals surface area contributed by atoms with E-state index in [1.54, 1.807) is 4.90 Å². The van der Waals surface area contributed by atoms with Crippen LogP contribution < -0.4 is 11.1 Å². The van der Waals surface area contributed by atoms with Crippen molar-refractivity contribution < 1.29 is 14.4 Å². The lowest BCUT2D eigenvalue weighted by Gasteiger charge is -2.32. The van der Waals surface area contributed by atoms with E-state index in [0.29, 0.717) is 25.9 Å². The van der Waals surface area contributed by atoms with Gasteiger partial charge in [-0.05, 0) is 25.7 Å². The summed E-state index contributed by atoms with van der Waals surface area (Å²) < 4.78 is 0. The molecule has 2 heterocycles. The molecule has 0 aromatic rings. The summed E-state index contributed by atoms with van der Waals surface area (Å²) in [4.78, 5) is 39.9. The van der Waals surface area contributed by atoms with Crippen LogP contribution in [0.4, 0.5) is 4.79 Å². The van der Waals surface area contributed by atoms with E-state index in [9.17, 15) is 14.4 Å². The molecule has 3 aliphatic rings. The van der Waals surface area contributed by atoms with E-state index in [0.717, 1.165) is 37.0 Å². The van der Waals surface area contributed by atoms with E-state index in [-0.39, 0.29) is 24.4 Å². The number of nitrogens with one attached hydrogen (secondary N) is 1. The summed E-state index contributed by atoms with van der Waals surface area (Å²) in [6, 6.07) is -0.278. The second-order valence-corrected chi connectivity index (χ2v) is 6.68. The maximum absolute atomic E-state index is 12.6. The molecule has 22 heavy (non-hydrogen) atoms. The Balaban J connectivity index is 1.63. The maximum Gasteiger partial charge on any atom is 0.325 e. The molecule has 0 bridgehead atoms. The molecule has 0 atom stereocenters. The number of likely N-dealkylation sites (tertiary alicyclic amines) is 1. The van der Waals surface area contributed by atoms with Crippen LogP contribution in [0.1, 0.15) is 44.9 Å². The molecule has 3 rings (SSSR count). The normalized spacial score (nSPS) is 25.7. The number of urea groups is 1. The van der Waals surface area contributed by atoms with Gasteiger partial charge in [-0.2, -0.15) is 0 Å². The number of carbonyl (C=O) groups excluding carboxylic acids is 3. The molecular weight excluding hydrogens is 284 g/mol. The predicted octanol–water partition coefficient (Wildman–Crippen LogP) is 0.191. The zero-order chi connectivity index (χ0) is 15.7. The van der Waals surface area contributed by atoms with Crippen molar-refractivity contribution in [2.24, 2.45) is 5.73 Å². The van der Waals surface area contributed by atoms with Crippen molar-refractivity contribution in [3.05, 3.63) is 0 Å². The quantitative estimate of drug-likeness (QED) is 0.712. The van der Waals surface area contributed by atoms with Crippen molar-refractivity contribution in [2.75, 3.05) is 19.6 Å². The van der Waals surface area contributed by atoms with Gasteiger partial charge in [0.1, 0.15) is 12.1 Å². The van der Waals surface area contributed by atoms with Gasteiger partial charge in [0.25, 0.3) is 5.91 Å². The van der Waals surface area contributed by atoms with Crippen LogP contribution in [0.25, 0.3) is 0 Å². The number of rotatable bonds is 2. The van der Waals surface area contributed by atoms with E-state index < -0.39 is 11.6 Å². The van der Waals surface area contributed by atoms with Gasteiger partial charge < -0.3 is 16.0 Å². The Morgan fingerprint density at radius 1 is 1.18 bits per heavy atom. The molecule has 7 nitrogen and oxygen atoms in total. The summed E-state index contributed by atoms with van der Waals surface area (Å²) in [5.74, 6) is -0.387. The van der Waals surface area contributed by atoms with Crippen molar-refractivity contribution >= 4 is 17.8 Å². The van der Waals surface area contributed by atoms with Gasteiger partial charge in [-0.3, -0.25) is 14.5 Å². The molecule has 2 saturated heterocycles. The highest BCUT2D eigenvalue weighted by atomic mass is 16.2. The Morgan fingerprint density at radius 2 is 1.82 bits per heavy atom. The number of imide groups is 1. The molecule has 1 saturated carbocycles. The molecule has 3 N–H and O–H groups in total. The maximum atomic E-state index is 12.6. The Hall–Kier alpha value is -1.63. The Kier molecular flexibility index (Phi) is 4.08. The SMILES string of the molecule is NC1CCN(C(=O)CN2C(=O)NC3(CCCCC3)C2=O)CC1. The summed E-state index contributed by atoms with van der Waals surface area (Å²) in [6.07, 6.45) is 5.89. The van der Waals surface area contributed by atoms with Crippen molar-refractivity contribution in [1.29, 1.82) is 0 Å². The fourth-order valence-corrected chi connectivity index (χ4v) is 3.70. The number of carbonyl (C=O) groups is 3. The molecule has 7 heteroatoms. The van der Waals surface area contributed by atoms with Gasteiger partial charge in [-0.15, -0.1) is 0 Å². The van der Waals surface area contributed by atoms with Crippen LogP contribution in [0.5, 0.6) is 0 Å². The van der Waals surface area contributed by atoms with Gasteiger partial charge in [-0.1, -0.05) is 19.3 Å². The zero-order valence-corrected chi connectivity index (χ0v) is 12.8. The average Bonchev–Trinajstić information content (AvgIpc) is 2.73. The van der Waals surface area contributed by atoms with Crippen LogP contribution in [0, 0.1) is 0 Å². The van der Waals surface area contributed by atoms with Gasteiger partial charge in [0.15, 0.2) is 0 Å². The van der Waals surface area contributed by atoms with E-state index >= 15 is 0 Å². The number of hydrogen-bond donors (Lipinski definition) is 2. The van der Waals surface area contributed by atoms with Crippen LogP contribution in [0.2, 0.25) is 0 Å². The Bertz CT molecular complexity index is 479. The van der Waals surface area contributed by atoms with Crippen LogP contribution >= 0.6 is 0 Å². The first-order valence-electron chi connectivity index (χ1n) is 8.19. The van der Waals surface area contributed by atoms with Crippen LogP contribution in [-0.2, 0) is 9.59 Å². The van der Waals surface area contributed by atoms with Crippen molar-refractivity contribution in [3.63, 3.8) is 0 Å². The average molecular weight is 308 g/mol. The molecular formula is C15H24N4O3. The number of nitrogens with zero attached hydrogens (tertiary/aromatic N) is 2. The zero-order valence-electron chi connectivity index (χ0n) is 12.8. The van der Waals surface area contributed by atoms with Crippen LogP contribution in [-0.4, -0.2) is 58.9 Å². The minimum absolute atomic E-state index is 0.145. The highest BCUT2D eigenvalue weighted by Gasteiger charge is 2.51. The topological polar surface area (TPSA) is 95.7 Å². The molecule has 1 spiro atoms. The number of hydrogen-bond acceptors (Lipinski definition) is 4. The van der Waals surface area contributed by atoms with Crippen LogP contribution in [0.3, 0.4) is 0 Å². The molecule has 4 amide bonds. The molecule has 0 unspecified atom stereocenters. The smallest absolute Gasteiger partial charge is 0.325 e. The molecule has 1 aliphatic carbocycles. The van der Waals surface area contributed by atoms with Gasteiger partial charge in [0.2, 0.25) is 5.91 Å². The third-order valence-corrected chi connectivity index (χ3v) is 5.14. The Labute approximate surface area is 130 Å². The number of amides is 4. The molecule has 0 radical (unpaired) electrons. The second kappa shape index (κ2) is 5.87. The molecule has 3 fully saturated rings. The van der Waals surface area contributed by atoms with Crippen molar-refractivity contribution in [3.8, 4) is 0 Å². The highest BCUT2D eigenvalue weighted by Crippen LogP contribution is 2.33. The lowest BCUT2D eigenvalue weighted by Crippen LogP contribution is -2.50. The molecule has 122 valence electrons. The first-order valence-corrected chi connectivity index (χ1v) is 8.19. The first kappa shape index (κ1) is 15.3. The lowest BCUT2D eigenvalue weighted by atomic mass is 9.82. The van der Waals surface area contributed by atoms with E-state index in [4.69, 9.17) is 5.73 Å². The third kappa shape index (κ3) is 2.69. The first-order chi connectivity index (χ1) is 10.5. The van der Waals surface area contributed by atoms with Crippen molar-refractivity contribution in [2.45, 2.75) is 56.5 Å². The molecule has 2 aliphatic heterocycles. The summed E-state index contributed by atoms with van der Waals surface area (Å²) >= 11 is 0. The largest absolute Gasteiger partial charge is 0.341 e. The fraction of sp³-hybridized carbons (Fsp3) is 0.800. The molecule has 0 aromatic heterocycles. The summed E-state index contributed by atoms with van der Waals surface area (Å²) in [5.41, 5.74) is 5.08. The van der Waals surface area contributed by atoms with Gasteiger partial charge >= 0.3 is 6.03 Å². The number of piperidine rings is 1. The van der Waals surface area contributed by atoms with E-state index in [1.807, 2.05) is 0 Å². The number of nitrogens with two attached hydrogens (primary N) is 1. The Morgan fingerprint density at radius 3 is 2.45 bits per heavy atom. The standard InChI is InChI=1S/C15H24N4O3/c16-11-4-8-18(9-5-11)12(20)10-19-13(21)15(17-14(19)22)6-2-1-3-7-15/h11H,1-10,16H2,(H,17,22). The highest BCUT2D eigenvalue weighted by molar-refractivity contribution is 6.09. The fourth-order valence-electron chi connectivity index (χ4n) is 3.70. The van der Waals surface area contributed by atoms with E-state index in [2.05, 4.69) is 5.32 Å². The summed E-state index contributed by atoms with van der Waals surface area (Å²) in [7, 11) is 0. The minimum Gasteiger partial charge on any atom is -0.341 e. The monoisotopic (exact) mass is 308 g/mol. The minimum atomic E-state index is -0.750. The van der Waals surface area contributed by atoms with Gasteiger partial charge in [0, 0.05) is 19.1 Å². The van der Waals surface area contributed by atoms with Gasteiger partial charge in [0.05, 0.1) is 0 Å². The lowest BCUT2D eigenvalue weighted by molar-refractivity contribution is -0.140. The summed E-state index contributed by atoms with van der Waals surface area (Å²) in [5, 5.41) is 2.83. The third-order valence-electron chi connectivity index (χ3n) is 5.14. The van der Waals surface area contributed by atoms with Crippen LogP contribution in [0.15, 0.2) is 0 Å². The summed E-state index contributed by atoms with van der Waals surface area (Å²) in [6.45, 7) is 1.06. The second-order valence-electron chi connectivity index (χ2n) is 6.68. The van der Waals surface area contributed by atoms with Gasteiger partial charge in [-0.25, -0.2) is 4.79 Å². The van der Waals surface area contributed by atoms with E-state index in [1.165, 1.54) is 0 Å². The molecule has 0 aromatic carbocycles.